The number of hydrogen-bond acceptors (Lipinski definition) is 4. The predicted octanol–water partition coefficient (Wildman–Crippen LogP) is 0.944. The number of hydrogen-bond donors (Lipinski definition) is 1. The second kappa shape index (κ2) is 4.22. The monoisotopic (exact) mass is 227 g/mol. The van der Waals surface area contributed by atoms with E-state index in [1.165, 1.54) is 24.6 Å². The van der Waals surface area contributed by atoms with E-state index in [9.17, 15) is 4.79 Å². The Labute approximate surface area is 91.9 Å². The van der Waals surface area contributed by atoms with Gasteiger partial charge in [0.15, 0.2) is 11.0 Å². The van der Waals surface area contributed by atoms with Crippen LogP contribution >= 0.6 is 11.8 Å². The number of carboxylic acid groups (broad SMARTS) is 1. The highest BCUT2D eigenvalue weighted by Crippen LogP contribution is 2.32. The second-order valence-corrected chi connectivity index (χ2v) is 4.71. The Morgan fingerprint density at radius 1 is 1.67 bits per heavy atom. The van der Waals surface area contributed by atoms with Crippen LogP contribution in [-0.4, -0.2) is 31.6 Å². The minimum Gasteiger partial charge on any atom is -0.481 e. The molecule has 0 bridgehead atoms. The van der Waals surface area contributed by atoms with Gasteiger partial charge in [-0.05, 0) is 18.8 Å². The number of aliphatic carboxylic acids is 1. The van der Waals surface area contributed by atoms with Crippen molar-refractivity contribution >= 4 is 17.7 Å². The van der Waals surface area contributed by atoms with Crippen molar-refractivity contribution in [3.8, 4) is 0 Å². The van der Waals surface area contributed by atoms with Gasteiger partial charge < -0.3 is 5.11 Å². The molecule has 0 aromatic carbocycles. The van der Waals surface area contributed by atoms with Gasteiger partial charge in [0.2, 0.25) is 0 Å². The number of carboxylic acids is 1. The molecule has 82 valence electrons. The lowest BCUT2D eigenvalue weighted by atomic mass is 10.3. The van der Waals surface area contributed by atoms with Gasteiger partial charge in [0.25, 0.3) is 0 Å². The first-order valence-electron chi connectivity index (χ1n) is 4.89. The highest BCUT2D eigenvalue weighted by atomic mass is 32.2. The predicted molar refractivity (Wildman–Crippen MR) is 55.8 cm³/mol. The summed E-state index contributed by atoms with van der Waals surface area (Å²) in [7, 11) is 1.80. The van der Waals surface area contributed by atoms with E-state index in [1.807, 2.05) is 0 Å². The summed E-state index contributed by atoms with van der Waals surface area (Å²) in [6.45, 7) is 0. The summed E-state index contributed by atoms with van der Waals surface area (Å²) in [5.74, 6) is 0.805. The number of rotatable bonds is 5. The Morgan fingerprint density at radius 3 is 3.00 bits per heavy atom. The van der Waals surface area contributed by atoms with Gasteiger partial charge >= 0.3 is 5.97 Å². The molecule has 5 nitrogen and oxygen atoms in total. The Hall–Kier alpha value is -1.04. The van der Waals surface area contributed by atoms with Crippen LogP contribution in [-0.2, 0) is 18.3 Å². The van der Waals surface area contributed by atoms with E-state index >= 15 is 0 Å². The molecule has 2 rings (SSSR count). The zero-order valence-electron chi connectivity index (χ0n) is 8.51. The molecule has 1 heterocycles. The summed E-state index contributed by atoms with van der Waals surface area (Å²) in [6, 6.07) is 0. The maximum Gasteiger partial charge on any atom is 0.313 e. The molecule has 0 saturated heterocycles. The number of thioether (sulfide) groups is 1. The van der Waals surface area contributed by atoms with Crippen molar-refractivity contribution in [1.29, 1.82) is 0 Å². The average molecular weight is 227 g/mol. The van der Waals surface area contributed by atoms with E-state index in [-0.39, 0.29) is 5.75 Å². The number of carbonyl (C=O) groups is 1. The van der Waals surface area contributed by atoms with Crippen molar-refractivity contribution in [3.63, 3.8) is 0 Å². The summed E-state index contributed by atoms with van der Waals surface area (Å²) >= 11 is 1.21. The van der Waals surface area contributed by atoms with Gasteiger partial charge in [0.05, 0.1) is 5.75 Å². The van der Waals surface area contributed by atoms with Crippen molar-refractivity contribution in [2.75, 3.05) is 5.75 Å². The van der Waals surface area contributed by atoms with Gasteiger partial charge in [0, 0.05) is 13.5 Å². The van der Waals surface area contributed by atoms with Crippen LogP contribution in [0.25, 0.3) is 0 Å². The molecule has 1 aliphatic rings. The molecular formula is C9H13N3O2S. The average Bonchev–Trinajstić information content (AvgIpc) is 2.88. The first kappa shape index (κ1) is 10.5. The van der Waals surface area contributed by atoms with Gasteiger partial charge in [0.1, 0.15) is 0 Å². The van der Waals surface area contributed by atoms with Crippen molar-refractivity contribution in [2.24, 2.45) is 13.0 Å². The zero-order valence-corrected chi connectivity index (χ0v) is 9.33. The van der Waals surface area contributed by atoms with Crippen LogP contribution in [0.5, 0.6) is 0 Å². The van der Waals surface area contributed by atoms with E-state index in [2.05, 4.69) is 10.1 Å². The quantitative estimate of drug-likeness (QED) is 0.758. The van der Waals surface area contributed by atoms with Crippen LogP contribution in [0.15, 0.2) is 5.16 Å². The van der Waals surface area contributed by atoms with Gasteiger partial charge in [-0.2, -0.15) is 5.10 Å². The SMILES string of the molecule is Cn1nc(CC2CC2)nc1SCC(=O)O. The highest BCUT2D eigenvalue weighted by molar-refractivity contribution is 7.99. The van der Waals surface area contributed by atoms with Gasteiger partial charge in [-0.3, -0.25) is 4.79 Å². The third kappa shape index (κ3) is 2.95. The second-order valence-electron chi connectivity index (χ2n) is 3.76. The smallest absolute Gasteiger partial charge is 0.313 e. The van der Waals surface area contributed by atoms with E-state index in [4.69, 9.17) is 5.11 Å². The van der Waals surface area contributed by atoms with Crippen LogP contribution in [0.2, 0.25) is 0 Å². The lowest BCUT2D eigenvalue weighted by Gasteiger charge is -1.94. The maximum absolute atomic E-state index is 10.4. The highest BCUT2D eigenvalue weighted by Gasteiger charge is 2.24. The fourth-order valence-electron chi connectivity index (χ4n) is 1.34. The molecule has 0 amide bonds. The third-order valence-corrected chi connectivity index (χ3v) is 3.26. The normalized spacial score (nSPS) is 15.5. The van der Waals surface area contributed by atoms with Crippen molar-refractivity contribution < 1.29 is 9.90 Å². The van der Waals surface area contributed by atoms with Crippen LogP contribution in [0.4, 0.5) is 0 Å². The lowest BCUT2D eigenvalue weighted by Crippen LogP contribution is -2.00. The van der Waals surface area contributed by atoms with E-state index in [0.29, 0.717) is 5.16 Å². The third-order valence-electron chi connectivity index (χ3n) is 2.26. The van der Waals surface area contributed by atoms with Crippen molar-refractivity contribution in [3.05, 3.63) is 5.82 Å². The lowest BCUT2D eigenvalue weighted by molar-refractivity contribution is -0.133. The molecule has 1 aliphatic carbocycles. The zero-order chi connectivity index (χ0) is 10.8. The molecule has 6 heteroatoms. The molecule has 1 aromatic heterocycles. The molecule has 0 spiro atoms. The molecular weight excluding hydrogens is 214 g/mol. The van der Waals surface area contributed by atoms with Gasteiger partial charge in [-0.25, -0.2) is 9.67 Å². The van der Waals surface area contributed by atoms with Crippen molar-refractivity contribution in [2.45, 2.75) is 24.4 Å². The van der Waals surface area contributed by atoms with Crippen molar-refractivity contribution in [1.82, 2.24) is 14.8 Å². The number of nitrogens with zero attached hydrogens (tertiary/aromatic N) is 3. The summed E-state index contributed by atoms with van der Waals surface area (Å²) in [4.78, 5) is 14.7. The van der Waals surface area contributed by atoms with E-state index in [0.717, 1.165) is 18.2 Å². The fraction of sp³-hybridized carbons (Fsp3) is 0.667. The minimum absolute atomic E-state index is 0.0371. The Morgan fingerprint density at radius 2 is 2.40 bits per heavy atom. The Balaban J connectivity index is 1.96. The largest absolute Gasteiger partial charge is 0.481 e. The molecule has 0 unspecified atom stereocenters. The number of aromatic nitrogens is 3. The standard InChI is InChI=1S/C9H13N3O2S/c1-12-9(15-5-8(13)14)10-7(11-12)4-6-2-3-6/h6H,2-5H2,1H3,(H,13,14). The molecule has 1 fully saturated rings. The fourth-order valence-corrected chi connectivity index (χ4v) is 1.99. The van der Waals surface area contributed by atoms with Crippen LogP contribution < -0.4 is 0 Å². The van der Waals surface area contributed by atoms with Crippen LogP contribution in [0.1, 0.15) is 18.7 Å². The van der Waals surface area contributed by atoms with Crippen LogP contribution in [0.3, 0.4) is 0 Å². The molecule has 1 saturated carbocycles. The van der Waals surface area contributed by atoms with E-state index < -0.39 is 5.97 Å². The first-order valence-corrected chi connectivity index (χ1v) is 5.88. The van der Waals surface area contributed by atoms with E-state index in [1.54, 1.807) is 11.7 Å². The Bertz CT molecular complexity index is 373. The summed E-state index contributed by atoms with van der Waals surface area (Å²) in [5.41, 5.74) is 0. The van der Waals surface area contributed by atoms with Crippen LogP contribution in [0, 0.1) is 5.92 Å². The topological polar surface area (TPSA) is 68.0 Å². The Kier molecular flexibility index (Phi) is 2.95. The van der Waals surface area contributed by atoms with Gasteiger partial charge in [-0.1, -0.05) is 11.8 Å². The first-order chi connectivity index (χ1) is 7.15. The molecule has 0 radical (unpaired) electrons. The molecule has 1 aromatic rings. The maximum atomic E-state index is 10.4. The summed E-state index contributed by atoms with van der Waals surface area (Å²) < 4.78 is 1.66. The summed E-state index contributed by atoms with van der Waals surface area (Å²) in [6.07, 6.45) is 3.48. The minimum atomic E-state index is -0.827. The molecule has 15 heavy (non-hydrogen) atoms. The van der Waals surface area contributed by atoms with Gasteiger partial charge in [-0.15, -0.1) is 0 Å². The molecule has 0 aliphatic heterocycles. The molecule has 1 N–H and O–H groups in total. The summed E-state index contributed by atoms with van der Waals surface area (Å²) in [5, 5.41) is 13.5. The molecule has 0 atom stereocenters. The number of aryl methyl sites for hydroxylation is 1.